The smallest absolute Gasteiger partial charge is 0.0998 e. The molecule has 0 aliphatic heterocycles. The molecule has 2 unspecified atom stereocenters. The van der Waals surface area contributed by atoms with Gasteiger partial charge in [-0.1, -0.05) is 24.3 Å². The third kappa shape index (κ3) is 1.60. The second-order valence-corrected chi connectivity index (χ2v) is 3.78. The predicted octanol–water partition coefficient (Wildman–Crippen LogP) is 2.05. The number of nitriles is 1. The molecule has 2 heteroatoms. The maximum Gasteiger partial charge on any atom is 0.0998 e. The SMILES string of the molecule is C#CCC(O)C1C=Cc2c(C#N)cccc21. The quantitative estimate of drug-likeness (QED) is 0.757. The van der Waals surface area contributed by atoms with Crippen molar-refractivity contribution in [2.75, 3.05) is 0 Å². The van der Waals surface area contributed by atoms with E-state index in [9.17, 15) is 5.11 Å². The molecule has 0 saturated carbocycles. The van der Waals surface area contributed by atoms with Crippen molar-refractivity contribution in [2.24, 2.45) is 0 Å². The van der Waals surface area contributed by atoms with Crippen LogP contribution in [0.3, 0.4) is 0 Å². The molecule has 0 spiro atoms. The molecule has 0 bridgehead atoms. The monoisotopic (exact) mass is 209 g/mol. The summed E-state index contributed by atoms with van der Waals surface area (Å²) in [5.74, 6) is 2.37. The van der Waals surface area contributed by atoms with E-state index in [-0.39, 0.29) is 5.92 Å². The Morgan fingerprint density at radius 3 is 3.00 bits per heavy atom. The Kier molecular flexibility index (Phi) is 2.77. The molecule has 0 amide bonds. The lowest BCUT2D eigenvalue weighted by molar-refractivity contribution is 0.165. The van der Waals surface area contributed by atoms with Gasteiger partial charge in [0.05, 0.1) is 17.7 Å². The van der Waals surface area contributed by atoms with Crippen LogP contribution >= 0.6 is 0 Å². The summed E-state index contributed by atoms with van der Waals surface area (Å²) in [5, 5.41) is 18.8. The minimum absolute atomic E-state index is 0.0839. The fourth-order valence-electron chi connectivity index (χ4n) is 2.04. The van der Waals surface area contributed by atoms with Crippen molar-refractivity contribution < 1.29 is 5.11 Å². The second kappa shape index (κ2) is 4.23. The summed E-state index contributed by atoms with van der Waals surface area (Å²) in [7, 11) is 0. The molecule has 1 N–H and O–H groups in total. The summed E-state index contributed by atoms with van der Waals surface area (Å²) in [5.41, 5.74) is 2.54. The van der Waals surface area contributed by atoms with Gasteiger partial charge >= 0.3 is 0 Å². The lowest BCUT2D eigenvalue weighted by Crippen LogP contribution is -2.14. The second-order valence-electron chi connectivity index (χ2n) is 3.78. The minimum atomic E-state index is -0.573. The maximum atomic E-state index is 9.88. The summed E-state index contributed by atoms with van der Waals surface area (Å²) in [6, 6.07) is 7.69. The van der Waals surface area contributed by atoms with E-state index in [1.165, 1.54) is 0 Å². The van der Waals surface area contributed by atoms with Crippen LogP contribution < -0.4 is 0 Å². The van der Waals surface area contributed by atoms with Crippen LogP contribution in [-0.2, 0) is 0 Å². The van der Waals surface area contributed by atoms with Crippen molar-refractivity contribution in [2.45, 2.75) is 18.4 Å². The van der Waals surface area contributed by atoms with E-state index >= 15 is 0 Å². The van der Waals surface area contributed by atoms with Crippen molar-refractivity contribution in [3.8, 4) is 18.4 Å². The molecule has 0 fully saturated rings. The Hall–Kier alpha value is -2.03. The molecule has 1 aromatic rings. The normalized spacial score (nSPS) is 18.6. The van der Waals surface area contributed by atoms with Gasteiger partial charge in [0.2, 0.25) is 0 Å². The van der Waals surface area contributed by atoms with Crippen LogP contribution in [0.25, 0.3) is 6.08 Å². The van der Waals surface area contributed by atoms with Crippen molar-refractivity contribution in [3.05, 3.63) is 41.0 Å². The highest BCUT2D eigenvalue weighted by Gasteiger charge is 2.25. The summed E-state index contributed by atoms with van der Waals surface area (Å²) in [4.78, 5) is 0. The van der Waals surface area contributed by atoms with Crippen molar-refractivity contribution >= 4 is 6.08 Å². The van der Waals surface area contributed by atoms with Gasteiger partial charge in [-0.3, -0.25) is 0 Å². The van der Waals surface area contributed by atoms with E-state index < -0.39 is 6.10 Å². The summed E-state index contributed by atoms with van der Waals surface area (Å²) in [6.07, 6.45) is 8.74. The number of fused-ring (bicyclic) bond motifs is 1. The molecule has 16 heavy (non-hydrogen) atoms. The van der Waals surface area contributed by atoms with E-state index in [4.69, 9.17) is 11.7 Å². The highest BCUT2D eigenvalue weighted by atomic mass is 16.3. The van der Waals surface area contributed by atoms with Crippen LogP contribution in [0.4, 0.5) is 0 Å². The number of hydrogen-bond donors (Lipinski definition) is 1. The fraction of sp³-hybridized carbons (Fsp3) is 0.214. The topological polar surface area (TPSA) is 44.0 Å². The summed E-state index contributed by atoms with van der Waals surface area (Å²) >= 11 is 0. The molecule has 0 saturated heterocycles. The van der Waals surface area contributed by atoms with Crippen molar-refractivity contribution in [1.82, 2.24) is 0 Å². The molecular weight excluding hydrogens is 198 g/mol. The zero-order chi connectivity index (χ0) is 11.5. The summed E-state index contributed by atoms with van der Waals surface area (Å²) < 4.78 is 0. The van der Waals surface area contributed by atoms with Crippen LogP contribution in [0.2, 0.25) is 0 Å². The van der Waals surface area contributed by atoms with Gasteiger partial charge in [0.15, 0.2) is 0 Å². The van der Waals surface area contributed by atoms with Gasteiger partial charge in [0.1, 0.15) is 0 Å². The third-order valence-corrected chi connectivity index (χ3v) is 2.83. The van der Waals surface area contributed by atoms with Gasteiger partial charge < -0.3 is 5.11 Å². The first-order valence-electron chi connectivity index (χ1n) is 5.10. The molecule has 0 heterocycles. The Balaban J connectivity index is 2.39. The van der Waals surface area contributed by atoms with Gasteiger partial charge in [-0.05, 0) is 17.2 Å². The lowest BCUT2D eigenvalue weighted by atomic mass is 9.92. The minimum Gasteiger partial charge on any atom is -0.391 e. The zero-order valence-corrected chi connectivity index (χ0v) is 8.72. The van der Waals surface area contributed by atoms with Crippen LogP contribution in [0.15, 0.2) is 24.3 Å². The van der Waals surface area contributed by atoms with Gasteiger partial charge in [0, 0.05) is 12.3 Å². The van der Waals surface area contributed by atoms with E-state index in [0.29, 0.717) is 12.0 Å². The molecule has 78 valence electrons. The van der Waals surface area contributed by atoms with Gasteiger partial charge in [-0.15, -0.1) is 12.3 Å². The van der Waals surface area contributed by atoms with Gasteiger partial charge in [-0.2, -0.15) is 5.26 Å². The molecule has 1 aliphatic rings. The number of rotatable bonds is 2. The number of nitrogens with zero attached hydrogens (tertiary/aromatic N) is 1. The average Bonchev–Trinajstić information content (AvgIpc) is 2.72. The van der Waals surface area contributed by atoms with E-state index in [0.717, 1.165) is 11.1 Å². The first-order chi connectivity index (χ1) is 7.77. The Bertz CT molecular complexity index is 517. The first-order valence-corrected chi connectivity index (χ1v) is 5.10. The van der Waals surface area contributed by atoms with Crippen LogP contribution in [0.5, 0.6) is 0 Å². The van der Waals surface area contributed by atoms with E-state index in [1.807, 2.05) is 24.3 Å². The maximum absolute atomic E-state index is 9.88. The van der Waals surface area contributed by atoms with Crippen LogP contribution in [0.1, 0.15) is 29.0 Å². The van der Waals surface area contributed by atoms with Crippen molar-refractivity contribution in [1.29, 1.82) is 5.26 Å². The first kappa shape index (κ1) is 10.5. The van der Waals surface area contributed by atoms with Gasteiger partial charge in [-0.25, -0.2) is 0 Å². The molecule has 2 rings (SSSR count). The highest BCUT2D eigenvalue weighted by Crippen LogP contribution is 2.35. The number of hydrogen-bond acceptors (Lipinski definition) is 2. The van der Waals surface area contributed by atoms with Gasteiger partial charge in [0.25, 0.3) is 0 Å². The molecular formula is C14H11NO. The predicted molar refractivity (Wildman–Crippen MR) is 62.4 cm³/mol. The number of aliphatic hydroxyl groups excluding tert-OH is 1. The fourth-order valence-corrected chi connectivity index (χ4v) is 2.04. The Morgan fingerprint density at radius 2 is 2.31 bits per heavy atom. The number of terminal acetylenes is 1. The Labute approximate surface area is 94.8 Å². The summed E-state index contributed by atoms with van der Waals surface area (Å²) in [6.45, 7) is 0. The molecule has 0 radical (unpaired) electrons. The van der Waals surface area contributed by atoms with Crippen LogP contribution in [0, 0.1) is 23.7 Å². The largest absolute Gasteiger partial charge is 0.391 e. The number of benzene rings is 1. The molecule has 2 nitrogen and oxygen atoms in total. The van der Waals surface area contributed by atoms with Crippen LogP contribution in [-0.4, -0.2) is 11.2 Å². The molecule has 2 atom stereocenters. The molecule has 0 aromatic heterocycles. The Morgan fingerprint density at radius 1 is 1.50 bits per heavy atom. The highest BCUT2D eigenvalue weighted by molar-refractivity contribution is 5.68. The lowest BCUT2D eigenvalue weighted by Gasteiger charge is -2.16. The third-order valence-electron chi connectivity index (χ3n) is 2.83. The average molecular weight is 209 g/mol. The van der Waals surface area contributed by atoms with Crippen molar-refractivity contribution in [3.63, 3.8) is 0 Å². The molecule has 1 aliphatic carbocycles. The van der Waals surface area contributed by atoms with E-state index in [1.54, 1.807) is 6.07 Å². The standard InChI is InChI=1S/C14H11NO/c1-2-4-14(16)13-8-7-11-10(9-15)5-3-6-12(11)13/h1,3,5-8,13-14,16H,4H2. The number of aliphatic hydroxyl groups is 1. The van der Waals surface area contributed by atoms with E-state index in [2.05, 4.69) is 12.0 Å². The molecule has 1 aromatic carbocycles. The zero-order valence-electron chi connectivity index (χ0n) is 8.72.